The second kappa shape index (κ2) is 8.50. The van der Waals surface area contributed by atoms with Gasteiger partial charge in [0.25, 0.3) is 5.91 Å². The second-order valence-corrected chi connectivity index (χ2v) is 8.40. The van der Waals surface area contributed by atoms with Crippen LogP contribution in [0.5, 0.6) is 0 Å². The van der Waals surface area contributed by atoms with Crippen LogP contribution in [0.25, 0.3) is 0 Å². The van der Waals surface area contributed by atoms with Crippen LogP contribution in [0.1, 0.15) is 26.9 Å². The second-order valence-electron chi connectivity index (χ2n) is 6.90. The number of hydrogen-bond acceptors (Lipinski definition) is 3. The van der Waals surface area contributed by atoms with Crippen LogP contribution < -0.4 is 10.2 Å². The van der Waals surface area contributed by atoms with Gasteiger partial charge in [0.1, 0.15) is 11.2 Å². The first-order valence-electron chi connectivity index (χ1n) is 9.29. The third-order valence-electron chi connectivity index (χ3n) is 4.91. The molecule has 1 fully saturated rings. The SMILES string of the molecule is Cc1c(F)cccc1N1C(=O)CS[C@@H]1c1ccc(NC(=O)c2cccc(Cl)c2)cc1. The third kappa shape index (κ3) is 4.06. The lowest BCUT2D eigenvalue weighted by atomic mass is 10.1. The average molecular weight is 441 g/mol. The number of anilines is 2. The molecule has 1 heterocycles. The molecule has 1 aliphatic rings. The molecule has 0 bridgehead atoms. The molecular weight excluding hydrogens is 423 g/mol. The molecule has 3 aromatic rings. The topological polar surface area (TPSA) is 49.4 Å². The molecule has 152 valence electrons. The van der Waals surface area contributed by atoms with Gasteiger partial charge in [0.05, 0.1) is 11.4 Å². The van der Waals surface area contributed by atoms with Crippen LogP contribution in [0.4, 0.5) is 15.8 Å². The average Bonchev–Trinajstić information content (AvgIpc) is 3.12. The van der Waals surface area contributed by atoms with Gasteiger partial charge in [-0.2, -0.15) is 0 Å². The number of thioether (sulfide) groups is 1. The molecule has 0 aliphatic carbocycles. The standard InChI is InChI=1S/C23H18ClFN2O2S/c1-14-19(25)6-3-7-20(14)27-21(28)13-30-23(27)15-8-10-18(11-9-15)26-22(29)16-4-2-5-17(24)12-16/h2-12,23H,13H2,1H3,(H,26,29)/t23-/m1/s1. The maximum Gasteiger partial charge on any atom is 0.255 e. The van der Waals surface area contributed by atoms with Crippen LogP contribution >= 0.6 is 23.4 Å². The van der Waals surface area contributed by atoms with Crippen molar-refractivity contribution in [3.05, 3.63) is 94.3 Å². The van der Waals surface area contributed by atoms with Gasteiger partial charge in [-0.1, -0.05) is 35.9 Å². The molecular formula is C23H18ClFN2O2S. The fourth-order valence-electron chi connectivity index (χ4n) is 3.35. The number of amides is 2. The van der Waals surface area contributed by atoms with Crippen molar-refractivity contribution in [2.75, 3.05) is 16.0 Å². The molecule has 0 aromatic heterocycles. The summed E-state index contributed by atoms with van der Waals surface area (Å²) in [5.41, 5.74) is 3.02. The van der Waals surface area contributed by atoms with Gasteiger partial charge in [-0.3, -0.25) is 14.5 Å². The van der Waals surface area contributed by atoms with Crippen molar-refractivity contribution in [1.82, 2.24) is 0 Å². The molecule has 4 rings (SSSR count). The predicted octanol–water partition coefficient (Wildman–Crippen LogP) is 5.82. The maximum absolute atomic E-state index is 14.0. The van der Waals surface area contributed by atoms with Crippen LogP contribution in [0.2, 0.25) is 5.02 Å². The van der Waals surface area contributed by atoms with Gasteiger partial charge >= 0.3 is 0 Å². The van der Waals surface area contributed by atoms with Crippen molar-refractivity contribution < 1.29 is 14.0 Å². The number of rotatable bonds is 4. The normalized spacial score (nSPS) is 16.0. The first-order chi connectivity index (χ1) is 14.4. The summed E-state index contributed by atoms with van der Waals surface area (Å²) in [6, 6.07) is 18.8. The fraction of sp³-hybridized carbons (Fsp3) is 0.130. The zero-order valence-electron chi connectivity index (χ0n) is 16.1. The lowest BCUT2D eigenvalue weighted by molar-refractivity contribution is -0.115. The molecule has 1 N–H and O–H groups in total. The molecule has 1 atom stereocenters. The zero-order chi connectivity index (χ0) is 21.3. The molecule has 0 spiro atoms. The van der Waals surface area contributed by atoms with Crippen LogP contribution in [0.15, 0.2) is 66.7 Å². The minimum Gasteiger partial charge on any atom is -0.322 e. The van der Waals surface area contributed by atoms with E-state index in [1.807, 2.05) is 12.1 Å². The Bertz CT molecular complexity index is 1120. The van der Waals surface area contributed by atoms with E-state index >= 15 is 0 Å². The van der Waals surface area contributed by atoms with Gasteiger partial charge in [-0.25, -0.2) is 4.39 Å². The van der Waals surface area contributed by atoms with Crippen molar-refractivity contribution in [3.63, 3.8) is 0 Å². The van der Waals surface area contributed by atoms with Gasteiger partial charge in [0.2, 0.25) is 5.91 Å². The van der Waals surface area contributed by atoms with E-state index in [-0.39, 0.29) is 23.0 Å². The Labute approximate surface area is 183 Å². The van der Waals surface area contributed by atoms with Gasteiger partial charge in [0, 0.05) is 21.8 Å². The van der Waals surface area contributed by atoms with Gasteiger partial charge in [0.15, 0.2) is 0 Å². The highest BCUT2D eigenvalue weighted by Crippen LogP contribution is 2.43. The van der Waals surface area contributed by atoms with E-state index in [2.05, 4.69) is 5.32 Å². The minimum absolute atomic E-state index is 0.0583. The Hall–Kier alpha value is -2.83. The van der Waals surface area contributed by atoms with Crippen molar-refractivity contribution >= 4 is 46.6 Å². The van der Waals surface area contributed by atoms with E-state index in [1.165, 1.54) is 17.8 Å². The first kappa shape index (κ1) is 20.4. The molecule has 30 heavy (non-hydrogen) atoms. The highest BCUT2D eigenvalue weighted by molar-refractivity contribution is 8.00. The largest absolute Gasteiger partial charge is 0.322 e. The molecule has 7 heteroatoms. The summed E-state index contributed by atoms with van der Waals surface area (Å²) in [6.45, 7) is 1.67. The highest BCUT2D eigenvalue weighted by Gasteiger charge is 2.35. The molecule has 3 aromatic carbocycles. The number of carbonyl (C=O) groups is 2. The van der Waals surface area contributed by atoms with Crippen molar-refractivity contribution in [2.24, 2.45) is 0 Å². The Morgan fingerprint density at radius 2 is 1.87 bits per heavy atom. The molecule has 1 aliphatic heterocycles. The summed E-state index contributed by atoms with van der Waals surface area (Å²) < 4.78 is 14.0. The van der Waals surface area contributed by atoms with E-state index in [9.17, 15) is 14.0 Å². The number of nitrogens with zero attached hydrogens (tertiary/aromatic N) is 1. The number of nitrogens with one attached hydrogen (secondary N) is 1. The minimum atomic E-state index is -0.338. The number of hydrogen-bond donors (Lipinski definition) is 1. The van der Waals surface area contributed by atoms with E-state index in [0.717, 1.165) is 5.56 Å². The lowest BCUT2D eigenvalue weighted by Gasteiger charge is -2.26. The zero-order valence-corrected chi connectivity index (χ0v) is 17.6. The Kier molecular flexibility index (Phi) is 5.79. The van der Waals surface area contributed by atoms with E-state index < -0.39 is 0 Å². The summed E-state index contributed by atoms with van der Waals surface area (Å²) in [4.78, 5) is 26.6. The van der Waals surface area contributed by atoms with Crippen LogP contribution in [0, 0.1) is 12.7 Å². The third-order valence-corrected chi connectivity index (χ3v) is 6.35. The summed E-state index contributed by atoms with van der Waals surface area (Å²) >= 11 is 7.44. The quantitative estimate of drug-likeness (QED) is 0.556. The van der Waals surface area contributed by atoms with Crippen LogP contribution in [0.3, 0.4) is 0 Å². The van der Waals surface area contributed by atoms with Gasteiger partial charge in [-0.15, -0.1) is 11.8 Å². The van der Waals surface area contributed by atoms with E-state index in [0.29, 0.717) is 33.3 Å². The summed E-state index contributed by atoms with van der Waals surface area (Å²) in [7, 11) is 0. The summed E-state index contributed by atoms with van der Waals surface area (Å²) in [5, 5.41) is 3.08. The number of carbonyl (C=O) groups excluding carboxylic acids is 2. The van der Waals surface area contributed by atoms with Gasteiger partial charge in [-0.05, 0) is 55.0 Å². The molecule has 0 radical (unpaired) electrons. The number of benzene rings is 3. The number of halogens is 2. The fourth-order valence-corrected chi connectivity index (χ4v) is 4.71. The molecule has 4 nitrogen and oxygen atoms in total. The monoisotopic (exact) mass is 440 g/mol. The first-order valence-corrected chi connectivity index (χ1v) is 10.7. The highest BCUT2D eigenvalue weighted by atomic mass is 35.5. The summed E-state index contributed by atoms with van der Waals surface area (Å²) in [6.07, 6.45) is 0. The van der Waals surface area contributed by atoms with Crippen molar-refractivity contribution in [1.29, 1.82) is 0 Å². The Morgan fingerprint density at radius 1 is 1.13 bits per heavy atom. The Balaban J connectivity index is 1.55. The Morgan fingerprint density at radius 3 is 2.60 bits per heavy atom. The molecule has 2 amide bonds. The van der Waals surface area contributed by atoms with Crippen LogP contribution in [-0.4, -0.2) is 17.6 Å². The van der Waals surface area contributed by atoms with Gasteiger partial charge < -0.3 is 5.32 Å². The summed E-state index contributed by atoms with van der Waals surface area (Å²) in [5.74, 6) is -0.326. The molecule has 1 saturated heterocycles. The molecule has 0 saturated carbocycles. The van der Waals surface area contributed by atoms with Crippen molar-refractivity contribution in [2.45, 2.75) is 12.3 Å². The van der Waals surface area contributed by atoms with E-state index in [4.69, 9.17) is 11.6 Å². The lowest BCUT2D eigenvalue weighted by Crippen LogP contribution is -2.28. The van der Waals surface area contributed by atoms with Crippen LogP contribution in [-0.2, 0) is 4.79 Å². The van der Waals surface area contributed by atoms with E-state index in [1.54, 1.807) is 60.4 Å². The van der Waals surface area contributed by atoms with Crippen molar-refractivity contribution in [3.8, 4) is 0 Å². The molecule has 0 unspecified atom stereocenters. The smallest absolute Gasteiger partial charge is 0.255 e. The predicted molar refractivity (Wildman–Crippen MR) is 120 cm³/mol. The maximum atomic E-state index is 14.0.